The maximum Gasteiger partial charge on any atom is 0.280 e. The summed E-state index contributed by atoms with van der Waals surface area (Å²) in [6, 6.07) is 0. The summed E-state index contributed by atoms with van der Waals surface area (Å²) in [5, 5.41) is 0. The fourth-order valence-electron chi connectivity index (χ4n) is 3.31. The van der Waals surface area contributed by atoms with Gasteiger partial charge in [-0.05, 0) is 6.42 Å². The molecule has 0 aliphatic carbocycles. The molecule has 2 aromatic heterocycles. The molecule has 144 valence electrons. The Morgan fingerprint density at radius 3 is 2.85 bits per heavy atom. The van der Waals surface area contributed by atoms with Crippen molar-refractivity contribution in [1.82, 2.24) is 19.5 Å². The van der Waals surface area contributed by atoms with Crippen LogP contribution in [0.1, 0.15) is 26.0 Å². The van der Waals surface area contributed by atoms with Gasteiger partial charge in [0.15, 0.2) is 17.4 Å². The van der Waals surface area contributed by atoms with Crippen molar-refractivity contribution in [2.24, 2.45) is 0 Å². The van der Waals surface area contributed by atoms with Crippen LogP contribution < -0.4 is 11.3 Å². The molecule has 10 nitrogen and oxygen atoms in total. The molecule has 0 amide bonds. The molecule has 10 heteroatoms. The van der Waals surface area contributed by atoms with Crippen LogP contribution in [0.2, 0.25) is 0 Å². The van der Waals surface area contributed by atoms with Crippen LogP contribution in [0.15, 0.2) is 11.1 Å². The van der Waals surface area contributed by atoms with Gasteiger partial charge in [-0.15, -0.1) is 0 Å². The van der Waals surface area contributed by atoms with Crippen LogP contribution in [0.25, 0.3) is 11.2 Å². The minimum absolute atomic E-state index is 0.0208. The van der Waals surface area contributed by atoms with Crippen LogP contribution in [0.3, 0.4) is 0 Å². The number of rotatable bonds is 8. The Labute approximate surface area is 150 Å². The van der Waals surface area contributed by atoms with Gasteiger partial charge in [-0.25, -0.2) is 4.98 Å². The van der Waals surface area contributed by atoms with E-state index in [9.17, 15) is 4.79 Å². The number of nitrogens with zero attached hydrogens (tertiary/aromatic N) is 3. The minimum atomic E-state index is -0.535. The monoisotopic (exact) mass is 367 g/mol. The SMILES string of the molecule is CCC[C@H]1O[C@@H](n2cnc3c(=O)[nH]c(N)nc32)[C@@H](OCCOC)C1OC. The fraction of sp³-hybridized carbons (Fsp3) is 0.688. The number of aromatic amines is 1. The summed E-state index contributed by atoms with van der Waals surface area (Å²) in [6.07, 6.45) is 1.95. The molecular formula is C16H25N5O5. The van der Waals surface area contributed by atoms with Gasteiger partial charge in [-0.3, -0.25) is 14.3 Å². The van der Waals surface area contributed by atoms with Gasteiger partial charge in [0.2, 0.25) is 5.95 Å². The van der Waals surface area contributed by atoms with Gasteiger partial charge in [0.05, 0.1) is 25.6 Å². The predicted octanol–water partition coefficient (Wildman–Crippen LogP) is 0.446. The summed E-state index contributed by atoms with van der Waals surface area (Å²) in [5.41, 5.74) is 5.85. The standard InChI is InChI=1S/C16H25N5O5/c1-4-5-9-11(24-3)12(25-7-6-23-2)15(26-9)21-8-18-10-13(21)19-16(17)20-14(10)22/h8-9,11-12,15H,4-7H2,1-3H3,(H3,17,19,20,22)/t9-,11?,12+,15-/m1/s1. The zero-order chi connectivity index (χ0) is 18.7. The molecule has 1 aliphatic heterocycles. The van der Waals surface area contributed by atoms with Crippen molar-refractivity contribution in [3.05, 3.63) is 16.7 Å². The summed E-state index contributed by atoms with van der Waals surface area (Å²) in [4.78, 5) is 22.9. The third-order valence-electron chi connectivity index (χ3n) is 4.45. The lowest BCUT2D eigenvalue weighted by Crippen LogP contribution is -2.36. The number of nitrogen functional groups attached to an aromatic ring is 1. The average molecular weight is 367 g/mol. The molecule has 26 heavy (non-hydrogen) atoms. The molecule has 1 saturated heterocycles. The maximum absolute atomic E-state index is 12.0. The number of fused-ring (bicyclic) bond motifs is 1. The molecule has 0 bridgehead atoms. The second-order valence-corrected chi connectivity index (χ2v) is 6.16. The number of aromatic nitrogens is 4. The Balaban J connectivity index is 1.98. The van der Waals surface area contributed by atoms with Gasteiger partial charge in [0, 0.05) is 14.2 Å². The summed E-state index contributed by atoms with van der Waals surface area (Å²) < 4.78 is 24.6. The highest BCUT2D eigenvalue weighted by molar-refractivity contribution is 5.70. The van der Waals surface area contributed by atoms with Crippen LogP contribution in [-0.4, -0.2) is 65.3 Å². The van der Waals surface area contributed by atoms with Gasteiger partial charge >= 0.3 is 0 Å². The number of anilines is 1. The van der Waals surface area contributed by atoms with Crippen LogP contribution in [-0.2, 0) is 18.9 Å². The van der Waals surface area contributed by atoms with E-state index in [-0.39, 0.29) is 23.7 Å². The first-order valence-electron chi connectivity index (χ1n) is 8.61. The van der Waals surface area contributed by atoms with Crippen LogP contribution in [0.5, 0.6) is 0 Å². The number of methoxy groups -OCH3 is 2. The van der Waals surface area contributed by atoms with Gasteiger partial charge < -0.3 is 24.7 Å². The number of nitrogens with one attached hydrogen (secondary N) is 1. The quantitative estimate of drug-likeness (QED) is 0.644. The van der Waals surface area contributed by atoms with E-state index in [1.807, 2.05) is 0 Å². The van der Waals surface area contributed by atoms with Crippen molar-refractivity contribution in [1.29, 1.82) is 0 Å². The Kier molecular flexibility index (Phi) is 5.87. The molecule has 1 aliphatic rings. The number of hydrogen-bond acceptors (Lipinski definition) is 8. The Morgan fingerprint density at radius 2 is 2.15 bits per heavy atom. The third kappa shape index (κ3) is 3.45. The third-order valence-corrected chi connectivity index (χ3v) is 4.45. The van der Waals surface area contributed by atoms with E-state index in [1.54, 1.807) is 18.8 Å². The lowest BCUT2D eigenvalue weighted by Gasteiger charge is -2.24. The van der Waals surface area contributed by atoms with Gasteiger partial charge in [-0.2, -0.15) is 4.98 Å². The highest BCUT2D eigenvalue weighted by Gasteiger charge is 2.46. The molecule has 1 unspecified atom stereocenters. The Bertz CT molecular complexity index is 791. The van der Waals surface area contributed by atoms with Crippen molar-refractivity contribution >= 4 is 17.1 Å². The van der Waals surface area contributed by atoms with Crippen LogP contribution in [0.4, 0.5) is 5.95 Å². The number of imidazole rings is 1. The lowest BCUT2D eigenvalue weighted by atomic mass is 10.1. The number of nitrogens with two attached hydrogens (primary N) is 1. The Hall–Kier alpha value is -2.01. The van der Waals surface area contributed by atoms with Crippen LogP contribution in [0, 0.1) is 0 Å². The van der Waals surface area contributed by atoms with Crippen molar-refractivity contribution in [2.45, 2.75) is 44.3 Å². The maximum atomic E-state index is 12.0. The van der Waals surface area contributed by atoms with Crippen molar-refractivity contribution in [2.75, 3.05) is 33.2 Å². The molecule has 0 saturated carbocycles. The van der Waals surface area contributed by atoms with Gasteiger partial charge in [0.1, 0.15) is 12.2 Å². The molecule has 0 spiro atoms. The minimum Gasteiger partial charge on any atom is -0.382 e. The second-order valence-electron chi connectivity index (χ2n) is 6.16. The highest BCUT2D eigenvalue weighted by atomic mass is 16.6. The first-order valence-corrected chi connectivity index (χ1v) is 8.61. The van der Waals surface area contributed by atoms with E-state index >= 15 is 0 Å². The van der Waals surface area contributed by atoms with Crippen LogP contribution >= 0.6 is 0 Å². The first kappa shape index (κ1) is 18.8. The summed E-state index contributed by atoms with van der Waals surface area (Å²) in [5.74, 6) is 0.0208. The van der Waals surface area contributed by atoms with E-state index in [2.05, 4.69) is 21.9 Å². The average Bonchev–Trinajstić information content (AvgIpc) is 3.17. The van der Waals surface area contributed by atoms with E-state index in [0.29, 0.717) is 18.9 Å². The topological polar surface area (TPSA) is 127 Å². The number of H-pyrrole nitrogens is 1. The molecule has 3 heterocycles. The molecule has 4 atom stereocenters. The van der Waals surface area contributed by atoms with E-state index in [4.69, 9.17) is 24.7 Å². The molecule has 2 aromatic rings. The summed E-state index contributed by atoms with van der Waals surface area (Å²) in [7, 11) is 3.25. The first-order chi connectivity index (χ1) is 12.6. The predicted molar refractivity (Wildman–Crippen MR) is 93.8 cm³/mol. The zero-order valence-corrected chi connectivity index (χ0v) is 15.2. The molecule has 1 fully saturated rings. The molecule has 0 radical (unpaired) electrons. The summed E-state index contributed by atoms with van der Waals surface area (Å²) >= 11 is 0. The molecule has 3 N–H and O–H groups in total. The smallest absolute Gasteiger partial charge is 0.280 e. The second kappa shape index (κ2) is 8.12. The summed E-state index contributed by atoms with van der Waals surface area (Å²) in [6.45, 7) is 2.93. The fourth-order valence-corrected chi connectivity index (χ4v) is 3.31. The highest BCUT2D eigenvalue weighted by Crippen LogP contribution is 2.36. The molecule has 3 rings (SSSR count). The van der Waals surface area contributed by atoms with Gasteiger partial charge in [-0.1, -0.05) is 13.3 Å². The molecular weight excluding hydrogens is 342 g/mol. The van der Waals surface area contributed by atoms with E-state index < -0.39 is 17.9 Å². The lowest BCUT2D eigenvalue weighted by molar-refractivity contribution is -0.0812. The van der Waals surface area contributed by atoms with Crippen molar-refractivity contribution in [3.63, 3.8) is 0 Å². The van der Waals surface area contributed by atoms with Crippen molar-refractivity contribution in [3.8, 4) is 0 Å². The van der Waals surface area contributed by atoms with Gasteiger partial charge in [0.25, 0.3) is 5.56 Å². The largest absolute Gasteiger partial charge is 0.382 e. The van der Waals surface area contributed by atoms with E-state index in [0.717, 1.165) is 12.8 Å². The number of ether oxygens (including phenoxy) is 4. The number of hydrogen-bond donors (Lipinski definition) is 2. The van der Waals surface area contributed by atoms with Crippen molar-refractivity contribution < 1.29 is 18.9 Å². The normalized spacial score (nSPS) is 26.0. The zero-order valence-electron chi connectivity index (χ0n) is 15.2. The Morgan fingerprint density at radius 1 is 1.35 bits per heavy atom. The molecule has 0 aromatic carbocycles. The van der Waals surface area contributed by atoms with E-state index in [1.165, 1.54) is 6.33 Å².